The molecule has 164 valence electrons. The molecular weight excluding hydrogens is 398 g/mol. The van der Waals surface area contributed by atoms with Gasteiger partial charge in [-0.1, -0.05) is 6.07 Å². The second-order valence-corrected chi connectivity index (χ2v) is 8.70. The Kier molecular flexibility index (Phi) is 5.62. The normalized spacial score (nSPS) is 13.1. The van der Waals surface area contributed by atoms with Crippen LogP contribution in [0.4, 0.5) is 0 Å². The first-order valence-electron chi connectivity index (χ1n) is 11.3. The van der Waals surface area contributed by atoms with Crippen molar-refractivity contribution in [1.29, 1.82) is 0 Å². The van der Waals surface area contributed by atoms with E-state index in [2.05, 4.69) is 59.0 Å². The molecule has 0 saturated carbocycles. The summed E-state index contributed by atoms with van der Waals surface area (Å²) in [5.74, 6) is 0.863. The second-order valence-electron chi connectivity index (χ2n) is 8.70. The zero-order valence-corrected chi connectivity index (χ0v) is 19.0. The Bertz CT molecular complexity index is 1260. The molecule has 1 aliphatic rings. The molecule has 0 amide bonds. The highest BCUT2D eigenvalue weighted by Gasteiger charge is 2.25. The fraction of sp³-hybridized carbons (Fsp3) is 0.346. The van der Waals surface area contributed by atoms with Gasteiger partial charge in [0.2, 0.25) is 0 Å². The summed E-state index contributed by atoms with van der Waals surface area (Å²) in [6.45, 7) is 4.69. The van der Waals surface area contributed by atoms with Crippen LogP contribution in [0.3, 0.4) is 0 Å². The zero-order chi connectivity index (χ0) is 22.1. The lowest BCUT2D eigenvalue weighted by Crippen LogP contribution is -2.15. The molecule has 0 aliphatic carbocycles. The predicted molar refractivity (Wildman–Crippen MR) is 128 cm³/mol. The van der Waals surface area contributed by atoms with Gasteiger partial charge in [-0.05, 0) is 76.2 Å². The number of aromatic nitrogens is 4. The molecule has 6 nitrogen and oxygen atoms in total. The Morgan fingerprint density at radius 3 is 2.88 bits per heavy atom. The molecule has 5 rings (SSSR count). The molecule has 1 aliphatic heterocycles. The maximum atomic E-state index is 5.98. The Morgan fingerprint density at radius 2 is 2.03 bits per heavy atom. The highest BCUT2D eigenvalue weighted by atomic mass is 16.5. The van der Waals surface area contributed by atoms with E-state index in [1.54, 1.807) is 0 Å². The van der Waals surface area contributed by atoms with Crippen LogP contribution in [0.2, 0.25) is 0 Å². The molecule has 0 atom stereocenters. The smallest absolute Gasteiger partial charge is 0.121 e. The lowest BCUT2D eigenvalue weighted by molar-refractivity contribution is 0.282. The largest absolute Gasteiger partial charge is 0.493 e. The number of benzene rings is 1. The van der Waals surface area contributed by atoms with Gasteiger partial charge in [0.25, 0.3) is 0 Å². The summed E-state index contributed by atoms with van der Waals surface area (Å²) in [5.41, 5.74) is 7.46. The average molecular weight is 428 g/mol. The number of hydrogen-bond acceptors (Lipinski definition) is 5. The molecule has 6 heteroatoms. The van der Waals surface area contributed by atoms with Gasteiger partial charge in [-0.3, -0.25) is 14.6 Å². The minimum Gasteiger partial charge on any atom is -0.493 e. The summed E-state index contributed by atoms with van der Waals surface area (Å²) < 4.78 is 8.14. The van der Waals surface area contributed by atoms with Crippen molar-refractivity contribution in [3.63, 3.8) is 0 Å². The van der Waals surface area contributed by atoms with E-state index in [0.717, 1.165) is 71.6 Å². The van der Waals surface area contributed by atoms with E-state index in [9.17, 15) is 0 Å². The third-order valence-corrected chi connectivity index (χ3v) is 5.97. The molecule has 4 aromatic rings. The zero-order valence-electron chi connectivity index (χ0n) is 19.0. The Hall–Kier alpha value is -3.25. The van der Waals surface area contributed by atoms with Crippen molar-refractivity contribution in [3.8, 4) is 28.3 Å². The van der Waals surface area contributed by atoms with E-state index < -0.39 is 0 Å². The maximum Gasteiger partial charge on any atom is 0.121 e. The van der Waals surface area contributed by atoms with Crippen LogP contribution < -0.4 is 4.74 Å². The fourth-order valence-corrected chi connectivity index (χ4v) is 4.48. The van der Waals surface area contributed by atoms with Crippen LogP contribution in [0.25, 0.3) is 33.4 Å². The molecular formula is C26H29N5O. The van der Waals surface area contributed by atoms with Crippen molar-refractivity contribution in [2.75, 3.05) is 27.2 Å². The lowest BCUT2D eigenvalue weighted by atomic mass is 9.96. The highest BCUT2D eigenvalue weighted by Crippen LogP contribution is 2.40. The molecule has 4 heterocycles. The molecule has 0 fully saturated rings. The van der Waals surface area contributed by atoms with Crippen LogP contribution in [0, 0.1) is 6.92 Å². The van der Waals surface area contributed by atoms with E-state index in [1.165, 1.54) is 11.3 Å². The molecule has 3 aromatic heterocycles. The standard InChI is InChI=1S/C26H29N5O/c1-18-7-4-8-22(28-18)26-25(24-9-5-15-31(24)29-26)21-12-13-27-23-17-19(10-11-20(21)23)32-16-6-14-30(2)3/h4,7-8,10-13,17H,5-6,9,14-16H2,1-3H3. The number of hydrogen-bond donors (Lipinski definition) is 0. The first kappa shape index (κ1) is 20.6. The number of aryl methyl sites for hydroxylation is 2. The van der Waals surface area contributed by atoms with Gasteiger partial charge in [0, 0.05) is 47.7 Å². The van der Waals surface area contributed by atoms with Crippen LogP contribution in [0.1, 0.15) is 24.2 Å². The molecule has 0 bridgehead atoms. The minimum absolute atomic E-state index is 0.698. The Labute approximate surface area is 188 Å². The van der Waals surface area contributed by atoms with Crippen LogP contribution in [-0.4, -0.2) is 51.9 Å². The summed E-state index contributed by atoms with van der Waals surface area (Å²) in [6.07, 6.45) is 5.05. The molecule has 0 N–H and O–H groups in total. The van der Waals surface area contributed by atoms with Crippen LogP contribution in [0.15, 0.2) is 48.7 Å². The van der Waals surface area contributed by atoms with E-state index in [0.29, 0.717) is 6.61 Å². The lowest BCUT2D eigenvalue weighted by Gasteiger charge is -2.12. The topological polar surface area (TPSA) is 56.1 Å². The maximum absolute atomic E-state index is 5.98. The molecule has 0 radical (unpaired) electrons. The summed E-state index contributed by atoms with van der Waals surface area (Å²) >= 11 is 0. The molecule has 1 aromatic carbocycles. The van der Waals surface area contributed by atoms with E-state index in [-0.39, 0.29) is 0 Å². The van der Waals surface area contributed by atoms with Gasteiger partial charge in [-0.2, -0.15) is 5.10 Å². The minimum atomic E-state index is 0.698. The number of nitrogens with zero attached hydrogens (tertiary/aromatic N) is 5. The third kappa shape index (κ3) is 3.98. The van der Waals surface area contributed by atoms with Crippen molar-refractivity contribution >= 4 is 10.9 Å². The third-order valence-electron chi connectivity index (χ3n) is 5.97. The molecule has 32 heavy (non-hydrogen) atoms. The Morgan fingerprint density at radius 1 is 1.12 bits per heavy atom. The van der Waals surface area contributed by atoms with Gasteiger partial charge in [0.1, 0.15) is 11.4 Å². The van der Waals surface area contributed by atoms with Crippen molar-refractivity contribution < 1.29 is 4.74 Å². The Balaban J connectivity index is 1.55. The van der Waals surface area contributed by atoms with Crippen molar-refractivity contribution in [1.82, 2.24) is 24.6 Å². The predicted octanol–water partition coefficient (Wildman–Crippen LogP) is 4.75. The van der Waals surface area contributed by atoms with Crippen LogP contribution >= 0.6 is 0 Å². The van der Waals surface area contributed by atoms with E-state index >= 15 is 0 Å². The summed E-state index contributed by atoms with van der Waals surface area (Å²) in [4.78, 5) is 11.6. The summed E-state index contributed by atoms with van der Waals surface area (Å²) in [5, 5.41) is 6.09. The summed E-state index contributed by atoms with van der Waals surface area (Å²) in [6, 6.07) is 14.5. The fourth-order valence-electron chi connectivity index (χ4n) is 4.48. The van der Waals surface area contributed by atoms with E-state index in [1.807, 2.05) is 25.3 Å². The van der Waals surface area contributed by atoms with Crippen molar-refractivity contribution in [3.05, 3.63) is 60.0 Å². The first-order chi connectivity index (χ1) is 15.6. The number of pyridine rings is 2. The number of ether oxygens (including phenoxy) is 1. The monoisotopic (exact) mass is 427 g/mol. The van der Waals surface area contributed by atoms with Gasteiger partial charge in [0.15, 0.2) is 0 Å². The number of rotatable bonds is 7. The van der Waals surface area contributed by atoms with E-state index in [4.69, 9.17) is 14.8 Å². The molecule has 0 spiro atoms. The number of fused-ring (bicyclic) bond motifs is 2. The SMILES string of the molecule is Cc1cccc(-c2nn3c(c2-c2ccnc4cc(OCCCN(C)C)ccc24)CCC3)n1. The van der Waals surface area contributed by atoms with Gasteiger partial charge in [-0.25, -0.2) is 0 Å². The van der Waals surface area contributed by atoms with Crippen molar-refractivity contribution in [2.45, 2.75) is 32.7 Å². The van der Waals surface area contributed by atoms with Gasteiger partial charge in [0.05, 0.1) is 17.8 Å². The molecule has 0 unspecified atom stereocenters. The second kappa shape index (κ2) is 8.71. The van der Waals surface area contributed by atoms with Crippen LogP contribution in [0.5, 0.6) is 5.75 Å². The quantitative estimate of drug-likeness (QED) is 0.399. The van der Waals surface area contributed by atoms with Gasteiger partial charge >= 0.3 is 0 Å². The summed E-state index contributed by atoms with van der Waals surface area (Å²) in [7, 11) is 4.16. The van der Waals surface area contributed by atoms with Crippen molar-refractivity contribution in [2.24, 2.45) is 0 Å². The van der Waals surface area contributed by atoms with Gasteiger partial charge in [-0.15, -0.1) is 0 Å². The molecule has 0 saturated heterocycles. The van der Waals surface area contributed by atoms with Crippen LogP contribution in [-0.2, 0) is 13.0 Å². The first-order valence-corrected chi connectivity index (χ1v) is 11.3. The average Bonchev–Trinajstić information content (AvgIpc) is 3.37. The van der Waals surface area contributed by atoms with Gasteiger partial charge < -0.3 is 9.64 Å². The highest BCUT2D eigenvalue weighted by molar-refractivity contribution is 5.99.